The van der Waals surface area contributed by atoms with Gasteiger partial charge >= 0.3 is 6.18 Å². The number of aromatic amines is 1. The number of halogens is 3. The standard InChI is InChI=1S/C24H25F3N2O2/c1-14-15(2)20(31-3)9-8-16(14)23-22-18(17-6-4-5-7-19(17)28-22)11-13-29(23)21(30)10-12-24(25,26)27/h4-9,23,28H,10-13H2,1-3H3. The van der Waals surface area contributed by atoms with Crippen LogP contribution in [0.2, 0.25) is 0 Å². The Morgan fingerprint density at radius 2 is 1.90 bits per heavy atom. The third-order valence-electron chi connectivity index (χ3n) is 6.27. The van der Waals surface area contributed by atoms with E-state index in [1.54, 1.807) is 12.0 Å². The number of nitrogens with one attached hydrogen (secondary N) is 1. The second-order valence-corrected chi connectivity index (χ2v) is 8.02. The lowest BCUT2D eigenvalue weighted by molar-refractivity contribution is -0.150. The molecule has 1 aliphatic rings. The van der Waals surface area contributed by atoms with Crippen molar-refractivity contribution in [3.63, 3.8) is 0 Å². The van der Waals surface area contributed by atoms with Crippen LogP contribution in [0, 0.1) is 13.8 Å². The number of alkyl halides is 3. The highest BCUT2D eigenvalue weighted by Crippen LogP contribution is 2.41. The van der Waals surface area contributed by atoms with Gasteiger partial charge in [0.15, 0.2) is 0 Å². The van der Waals surface area contributed by atoms with Crippen molar-refractivity contribution in [2.45, 2.75) is 45.3 Å². The van der Waals surface area contributed by atoms with Crippen molar-refractivity contribution < 1.29 is 22.7 Å². The first kappa shape index (κ1) is 21.3. The van der Waals surface area contributed by atoms with Crippen LogP contribution in [0.5, 0.6) is 5.75 Å². The van der Waals surface area contributed by atoms with Crippen molar-refractivity contribution in [1.29, 1.82) is 0 Å². The van der Waals surface area contributed by atoms with Crippen LogP contribution in [0.1, 0.15) is 46.8 Å². The molecule has 0 spiro atoms. The minimum absolute atomic E-state index is 0.376. The molecule has 31 heavy (non-hydrogen) atoms. The van der Waals surface area contributed by atoms with E-state index < -0.39 is 31.0 Å². The molecule has 1 N–H and O–H groups in total. The molecule has 4 nitrogen and oxygen atoms in total. The van der Waals surface area contributed by atoms with Crippen LogP contribution in [-0.2, 0) is 11.2 Å². The van der Waals surface area contributed by atoms with Crippen molar-refractivity contribution in [3.8, 4) is 5.75 Å². The number of amides is 1. The molecule has 7 heteroatoms. The Labute approximate surface area is 179 Å². The number of H-pyrrole nitrogens is 1. The Kier molecular flexibility index (Phi) is 5.45. The summed E-state index contributed by atoms with van der Waals surface area (Å²) < 4.78 is 43.8. The predicted octanol–water partition coefficient (Wildman–Crippen LogP) is 5.61. The number of aromatic nitrogens is 1. The number of carbonyl (C=O) groups excluding carboxylic acids is 1. The van der Waals surface area contributed by atoms with Gasteiger partial charge in [0.25, 0.3) is 0 Å². The van der Waals surface area contributed by atoms with Gasteiger partial charge < -0.3 is 14.6 Å². The number of fused-ring (bicyclic) bond motifs is 3. The summed E-state index contributed by atoms with van der Waals surface area (Å²) >= 11 is 0. The second-order valence-electron chi connectivity index (χ2n) is 8.02. The molecule has 2 aromatic carbocycles. The Morgan fingerprint density at radius 3 is 2.61 bits per heavy atom. The van der Waals surface area contributed by atoms with Gasteiger partial charge in [-0.2, -0.15) is 13.2 Å². The van der Waals surface area contributed by atoms with E-state index in [0.717, 1.165) is 44.6 Å². The summed E-state index contributed by atoms with van der Waals surface area (Å²) in [6, 6.07) is 11.2. The molecule has 0 aliphatic carbocycles. The second kappa shape index (κ2) is 7.94. The van der Waals surface area contributed by atoms with E-state index in [1.807, 2.05) is 50.2 Å². The lowest BCUT2D eigenvalue weighted by Gasteiger charge is -2.37. The van der Waals surface area contributed by atoms with Gasteiger partial charge in [-0.25, -0.2) is 0 Å². The van der Waals surface area contributed by atoms with Crippen LogP contribution in [0.15, 0.2) is 36.4 Å². The van der Waals surface area contributed by atoms with Crippen LogP contribution >= 0.6 is 0 Å². The van der Waals surface area contributed by atoms with Gasteiger partial charge in [0, 0.05) is 29.6 Å². The highest BCUT2D eigenvalue weighted by molar-refractivity contribution is 5.86. The molecule has 0 radical (unpaired) electrons. The maximum Gasteiger partial charge on any atom is 0.389 e. The Morgan fingerprint density at radius 1 is 1.16 bits per heavy atom. The molecular formula is C24H25F3N2O2. The summed E-state index contributed by atoms with van der Waals surface area (Å²) in [5, 5.41) is 1.09. The third-order valence-corrected chi connectivity index (χ3v) is 6.27. The molecule has 1 aromatic heterocycles. The van der Waals surface area contributed by atoms with Gasteiger partial charge in [0.05, 0.1) is 19.6 Å². The SMILES string of the molecule is COc1ccc(C2c3[nH]c4ccccc4c3CCN2C(=O)CCC(F)(F)F)c(C)c1C. The summed E-state index contributed by atoms with van der Waals surface area (Å²) in [6.45, 7) is 4.28. The quantitative estimate of drug-likeness (QED) is 0.585. The molecule has 1 atom stereocenters. The molecule has 4 rings (SSSR count). The minimum Gasteiger partial charge on any atom is -0.496 e. The van der Waals surface area contributed by atoms with Gasteiger partial charge in [-0.05, 0) is 54.7 Å². The number of hydrogen-bond donors (Lipinski definition) is 1. The van der Waals surface area contributed by atoms with Crippen molar-refractivity contribution in [3.05, 3.63) is 64.3 Å². The highest BCUT2D eigenvalue weighted by atomic mass is 19.4. The first-order chi connectivity index (χ1) is 14.7. The largest absolute Gasteiger partial charge is 0.496 e. The molecule has 1 unspecified atom stereocenters. The van der Waals surface area contributed by atoms with E-state index in [9.17, 15) is 18.0 Å². The van der Waals surface area contributed by atoms with Crippen molar-refractivity contribution in [2.24, 2.45) is 0 Å². The van der Waals surface area contributed by atoms with Crippen LogP contribution < -0.4 is 4.74 Å². The normalized spacial score (nSPS) is 16.5. The maximum atomic E-state index is 13.0. The number of ether oxygens (including phenoxy) is 1. The molecule has 1 aliphatic heterocycles. The molecule has 0 saturated carbocycles. The van der Waals surface area contributed by atoms with E-state index in [-0.39, 0.29) is 0 Å². The van der Waals surface area contributed by atoms with Gasteiger partial charge in [-0.15, -0.1) is 0 Å². The van der Waals surface area contributed by atoms with Crippen molar-refractivity contribution in [1.82, 2.24) is 9.88 Å². The average Bonchev–Trinajstić information content (AvgIpc) is 3.12. The number of nitrogens with zero attached hydrogens (tertiary/aromatic N) is 1. The zero-order valence-electron chi connectivity index (χ0n) is 17.8. The van der Waals surface area contributed by atoms with Gasteiger partial charge in [-0.3, -0.25) is 4.79 Å². The number of hydrogen-bond acceptors (Lipinski definition) is 2. The number of para-hydroxylation sites is 1. The zero-order valence-corrected chi connectivity index (χ0v) is 17.8. The fourth-order valence-corrected chi connectivity index (χ4v) is 4.56. The molecule has 3 aromatic rings. The van der Waals surface area contributed by atoms with E-state index in [1.165, 1.54) is 0 Å². The van der Waals surface area contributed by atoms with E-state index in [2.05, 4.69) is 4.98 Å². The highest BCUT2D eigenvalue weighted by Gasteiger charge is 2.37. The molecule has 0 fully saturated rings. The number of carbonyl (C=O) groups is 1. The Bertz CT molecular complexity index is 1130. The summed E-state index contributed by atoms with van der Waals surface area (Å²) in [6.07, 6.45) is -5.43. The topological polar surface area (TPSA) is 45.3 Å². The molecule has 2 heterocycles. The lowest BCUT2D eigenvalue weighted by Crippen LogP contribution is -2.41. The number of benzene rings is 2. The van der Waals surface area contributed by atoms with Crippen LogP contribution in [0.3, 0.4) is 0 Å². The Hall–Kier alpha value is -2.96. The molecule has 1 amide bonds. The fourth-order valence-electron chi connectivity index (χ4n) is 4.56. The number of rotatable bonds is 4. The predicted molar refractivity (Wildman–Crippen MR) is 113 cm³/mol. The maximum absolute atomic E-state index is 13.0. The minimum atomic E-state index is -4.36. The van der Waals surface area contributed by atoms with Crippen LogP contribution in [-0.4, -0.2) is 35.6 Å². The van der Waals surface area contributed by atoms with E-state index in [4.69, 9.17) is 4.74 Å². The van der Waals surface area contributed by atoms with Gasteiger partial charge in [0.1, 0.15) is 5.75 Å². The molecule has 164 valence electrons. The first-order valence-corrected chi connectivity index (χ1v) is 10.3. The number of methoxy groups -OCH3 is 1. The zero-order chi connectivity index (χ0) is 22.3. The third kappa shape index (κ3) is 3.89. The van der Waals surface area contributed by atoms with E-state index >= 15 is 0 Å². The summed E-state index contributed by atoms with van der Waals surface area (Å²) in [5.74, 6) is 0.253. The average molecular weight is 430 g/mol. The smallest absolute Gasteiger partial charge is 0.389 e. The summed E-state index contributed by atoms with van der Waals surface area (Å²) in [4.78, 5) is 18.0. The van der Waals surface area contributed by atoms with Crippen molar-refractivity contribution >= 4 is 16.8 Å². The monoisotopic (exact) mass is 430 g/mol. The lowest BCUT2D eigenvalue weighted by atomic mass is 9.88. The molecule has 0 bridgehead atoms. The van der Waals surface area contributed by atoms with Gasteiger partial charge in [0.2, 0.25) is 5.91 Å². The van der Waals surface area contributed by atoms with Gasteiger partial charge in [-0.1, -0.05) is 24.3 Å². The molecular weight excluding hydrogens is 405 g/mol. The summed E-state index contributed by atoms with van der Waals surface area (Å²) in [7, 11) is 1.60. The molecule has 0 saturated heterocycles. The fraction of sp³-hybridized carbons (Fsp3) is 0.375. The van der Waals surface area contributed by atoms with Crippen LogP contribution in [0.4, 0.5) is 13.2 Å². The first-order valence-electron chi connectivity index (χ1n) is 10.3. The summed E-state index contributed by atoms with van der Waals surface area (Å²) in [5.41, 5.74) is 5.76. The van der Waals surface area contributed by atoms with E-state index in [0.29, 0.717) is 13.0 Å². The van der Waals surface area contributed by atoms with Crippen molar-refractivity contribution in [2.75, 3.05) is 13.7 Å². The Balaban J connectivity index is 1.83. The van der Waals surface area contributed by atoms with Crippen LogP contribution in [0.25, 0.3) is 10.9 Å².